The average Bonchev–Trinajstić information content (AvgIpc) is 3.58. The molecule has 170 valence electrons. The van der Waals surface area contributed by atoms with E-state index in [1.54, 1.807) is 36.8 Å². The number of pyridine rings is 2. The Balaban J connectivity index is 0.00000141. The molecule has 4 rings (SSSR count). The van der Waals surface area contributed by atoms with E-state index < -0.39 is 15.9 Å². The van der Waals surface area contributed by atoms with Crippen LogP contribution in [0.5, 0.6) is 0 Å². The van der Waals surface area contributed by atoms with E-state index in [0.29, 0.717) is 24.2 Å². The lowest BCUT2D eigenvalue weighted by Crippen LogP contribution is -2.34. The highest BCUT2D eigenvalue weighted by Gasteiger charge is 2.37. The molecule has 3 aromatic heterocycles. The number of halogens is 1. The van der Waals surface area contributed by atoms with Crippen molar-refractivity contribution in [2.45, 2.75) is 24.5 Å². The number of hydrazine groups is 1. The maximum atomic E-state index is 12.7. The van der Waals surface area contributed by atoms with Crippen LogP contribution in [0.3, 0.4) is 0 Å². The van der Waals surface area contributed by atoms with Gasteiger partial charge in [0.1, 0.15) is 11.7 Å². The number of nitrogens with zero attached hydrogens (tertiary/aromatic N) is 4. The lowest BCUT2D eigenvalue weighted by molar-refractivity contribution is -0.115. The van der Waals surface area contributed by atoms with E-state index in [4.69, 9.17) is 11.7 Å². The smallest absolute Gasteiger partial charge is 0.241 e. The summed E-state index contributed by atoms with van der Waals surface area (Å²) in [6.45, 7) is 0. The Hall–Kier alpha value is -2.43. The third-order valence-electron chi connectivity index (χ3n) is 4.79. The maximum Gasteiger partial charge on any atom is 0.241 e. The van der Waals surface area contributed by atoms with E-state index in [1.165, 1.54) is 10.2 Å². The first-order chi connectivity index (χ1) is 15.4. The zero-order chi connectivity index (χ0) is 23.3. The normalized spacial score (nSPS) is 13.9. The van der Waals surface area contributed by atoms with Crippen LogP contribution in [-0.2, 0) is 14.8 Å². The van der Waals surface area contributed by atoms with Gasteiger partial charge in [-0.05, 0) is 57.8 Å². The van der Waals surface area contributed by atoms with Crippen LogP contribution in [-0.4, -0.2) is 39.4 Å². The first-order valence-corrected chi connectivity index (χ1v) is 14.0. The molecule has 3 aromatic rings. The fourth-order valence-electron chi connectivity index (χ4n) is 3.15. The Morgan fingerprint density at radius 2 is 2.06 bits per heavy atom. The number of rotatable bonds is 6. The van der Waals surface area contributed by atoms with Crippen LogP contribution in [0, 0.1) is 0 Å². The second-order valence-corrected chi connectivity index (χ2v) is 8.94. The molecule has 1 saturated carbocycles. The van der Waals surface area contributed by atoms with Gasteiger partial charge in [0.15, 0.2) is 0 Å². The lowest BCUT2D eigenvalue weighted by Gasteiger charge is -2.09. The van der Waals surface area contributed by atoms with Gasteiger partial charge in [0, 0.05) is 29.5 Å². The van der Waals surface area contributed by atoms with Crippen molar-refractivity contribution in [3.05, 3.63) is 43.0 Å². The summed E-state index contributed by atoms with van der Waals surface area (Å²) >= 11 is 1.84. The highest BCUT2D eigenvalue weighted by atomic mass is 127. The van der Waals surface area contributed by atoms with Crippen LogP contribution in [0.1, 0.15) is 19.3 Å². The summed E-state index contributed by atoms with van der Waals surface area (Å²) in [4.78, 5) is 20.5. The molecule has 0 bridgehead atoms. The third kappa shape index (κ3) is 5.13. The molecule has 0 spiro atoms. The van der Waals surface area contributed by atoms with Gasteiger partial charge in [0.25, 0.3) is 0 Å². The van der Waals surface area contributed by atoms with Crippen molar-refractivity contribution in [2.24, 2.45) is 16.8 Å². The quantitative estimate of drug-likeness (QED) is 0.0725. The minimum atomic E-state index is -3.42. The van der Waals surface area contributed by atoms with Crippen molar-refractivity contribution in [3.63, 3.8) is 0 Å². The Morgan fingerprint density at radius 3 is 2.72 bits per heavy atom. The molecule has 0 saturated heterocycles. The van der Waals surface area contributed by atoms with Gasteiger partial charge < -0.3 is 16.6 Å². The first kappa shape index (κ1) is 24.2. The summed E-state index contributed by atoms with van der Waals surface area (Å²) in [5.41, 5.74) is 4.20. The average molecular weight is 588 g/mol. The van der Waals surface area contributed by atoms with Crippen LogP contribution in [0.4, 0.5) is 5.82 Å². The van der Waals surface area contributed by atoms with Crippen LogP contribution < -0.4 is 22.4 Å². The number of aromatic nitrogens is 3. The molecule has 14 heteroatoms. The molecular weight excluding hydrogens is 567 g/mol. The number of carbonyl (C=O) groups excluding carboxylic acids is 1. The molecule has 0 aliphatic heterocycles. The van der Waals surface area contributed by atoms with Crippen LogP contribution in [0.15, 0.2) is 48.1 Å². The molecule has 1 fully saturated rings. The summed E-state index contributed by atoms with van der Waals surface area (Å²) in [6.07, 6.45) is 7.50. The number of amidine groups is 1. The molecule has 6 N–H and O–H groups in total. The van der Waals surface area contributed by atoms with Crippen molar-refractivity contribution in [1.29, 1.82) is 0 Å². The second-order valence-electron chi connectivity index (χ2n) is 6.85. The van der Waals surface area contributed by atoms with E-state index in [0.717, 1.165) is 16.5 Å². The molecule has 32 heavy (non-hydrogen) atoms. The Bertz CT molecular complexity index is 1260. The molecule has 0 aromatic carbocycles. The molecule has 11 nitrogen and oxygen atoms in total. The molecule has 0 atom stereocenters. The van der Waals surface area contributed by atoms with Gasteiger partial charge >= 0.3 is 0 Å². The van der Waals surface area contributed by atoms with E-state index in [9.17, 15) is 13.2 Å². The molecule has 1 amide bonds. The van der Waals surface area contributed by atoms with Gasteiger partial charge in [0.05, 0.1) is 23.4 Å². The summed E-state index contributed by atoms with van der Waals surface area (Å²) in [5.74, 6) is 10.4. The van der Waals surface area contributed by atoms with E-state index in [2.05, 4.69) is 35.6 Å². The highest BCUT2D eigenvalue weighted by molar-refractivity contribution is 14.2. The van der Waals surface area contributed by atoms with Crippen LogP contribution >= 0.6 is 31.0 Å². The Morgan fingerprint density at radius 1 is 1.31 bits per heavy atom. The van der Waals surface area contributed by atoms with Crippen molar-refractivity contribution >= 4 is 69.5 Å². The number of thiol groups is 1. The van der Waals surface area contributed by atoms with Gasteiger partial charge in [-0.2, -0.15) is 5.10 Å². The molecule has 0 unspecified atom stereocenters. The molecular formula is C18H21IN8O3S2. The number of hydrogen-bond acceptors (Lipinski definition) is 9. The fraction of sp³-hybridized carbons (Fsp3) is 0.222. The van der Waals surface area contributed by atoms with Gasteiger partial charge in [-0.25, -0.2) is 23.2 Å². The standard InChI is InChI=1S/C18H20N8O3S.HIS/c19-24-17(25-20)8-18(27)23-16-7-11(3-5-22-16)14-9-21-10-15-13(14)4-6-26(15)30(28,29)12-1-2-12;1-2/h3-7,9-10,12H,1-2,8,19-20H2,(H,24,25)(H,22,23,27);2H. The van der Waals surface area contributed by atoms with Crippen molar-refractivity contribution in [1.82, 2.24) is 19.4 Å². The van der Waals surface area contributed by atoms with Gasteiger partial charge in [0.2, 0.25) is 15.9 Å². The van der Waals surface area contributed by atoms with Crippen molar-refractivity contribution < 1.29 is 13.2 Å². The second kappa shape index (κ2) is 10.5. The van der Waals surface area contributed by atoms with E-state index in [-0.39, 0.29) is 17.5 Å². The number of nitrogens with two attached hydrogens (primary N) is 2. The summed E-state index contributed by atoms with van der Waals surface area (Å²) in [7, 11) is 0.0788. The van der Waals surface area contributed by atoms with E-state index >= 15 is 0 Å². The van der Waals surface area contributed by atoms with Crippen LogP contribution in [0.25, 0.3) is 22.0 Å². The number of amides is 1. The molecule has 1 aliphatic rings. The Labute approximate surface area is 202 Å². The van der Waals surface area contributed by atoms with Gasteiger partial charge in [-0.1, -0.05) is 0 Å². The zero-order valence-corrected chi connectivity index (χ0v) is 20.5. The van der Waals surface area contributed by atoms with Crippen molar-refractivity contribution in [2.75, 3.05) is 5.32 Å². The van der Waals surface area contributed by atoms with Gasteiger partial charge in [-0.3, -0.25) is 9.78 Å². The highest BCUT2D eigenvalue weighted by Crippen LogP contribution is 2.34. The SMILES string of the molecule is N/N=C(/CC(=O)Nc1cc(-c2cncc3c2ccn3S(=O)(=O)C2CC2)ccn1)NN.SI. The fourth-order valence-corrected chi connectivity index (χ4v) is 4.85. The summed E-state index contributed by atoms with van der Waals surface area (Å²) in [5, 5.41) is 6.42. The molecule has 1 aliphatic carbocycles. The number of anilines is 1. The predicted octanol–water partition coefficient (Wildman–Crippen LogP) is 1.77. The van der Waals surface area contributed by atoms with Crippen molar-refractivity contribution in [3.8, 4) is 11.1 Å². The number of hydrogen-bond donors (Lipinski definition) is 5. The minimum absolute atomic E-state index is 0.121. The minimum Gasteiger partial charge on any atom is -0.322 e. The number of carbonyl (C=O) groups is 1. The number of hydrazone groups is 1. The molecule has 3 heterocycles. The maximum absolute atomic E-state index is 12.7. The Kier molecular flexibility index (Phi) is 7.91. The van der Waals surface area contributed by atoms with Crippen LogP contribution in [0.2, 0.25) is 0 Å². The summed E-state index contributed by atoms with van der Waals surface area (Å²) < 4.78 is 26.7. The largest absolute Gasteiger partial charge is 0.322 e. The van der Waals surface area contributed by atoms with E-state index in [1.807, 2.05) is 21.2 Å². The monoisotopic (exact) mass is 588 g/mol. The third-order valence-corrected chi connectivity index (χ3v) is 6.97. The molecule has 0 radical (unpaired) electrons. The number of fused-ring (bicyclic) bond motifs is 1. The zero-order valence-electron chi connectivity index (χ0n) is 16.6. The predicted molar refractivity (Wildman–Crippen MR) is 136 cm³/mol. The lowest BCUT2D eigenvalue weighted by atomic mass is 10.1. The topological polar surface area (TPSA) is 170 Å². The number of nitrogens with one attached hydrogen (secondary N) is 2. The summed E-state index contributed by atoms with van der Waals surface area (Å²) in [6, 6.07) is 5.19. The van der Waals surface area contributed by atoms with Gasteiger partial charge in [-0.15, -0.1) is 9.80 Å². The first-order valence-electron chi connectivity index (χ1n) is 9.30.